The SMILES string of the molecule is C=CCn1ncc(CN2CCCCN(C)C(=O)[C@H](C)NC(=O)COc3cc(ccc3OC)CCC(=O)NCCC2)c1C. The Morgan fingerprint density at radius 2 is 1.88 bits per heavy atom. The van der Waals surface area contributed by atoms with Gasteiger partial charge in [-0.25, -0.2) is 0 Å². The number of aryl methyl sites for hydroxylation is 1. The Morgan fingerprint density at radius 1 is 1.12 bits per heavy atom. The molecule has 1 aliphatic heterocycles. The number of hydrogen-bond acceptors (Lipinski definition) is 7. The molecule has 230 valence electrons. The van der Waals surface area contributed by atoms with Crippen LogP contribution >= 0.6 is 0 Å². The van der Waals surface area contributed by atoms with Gasteiger partial charge in [0, 0.05) is 50.9 Å². The number of amides is 3. The number of rotatable bonds is 5. The Kier molecular flexibility index (Phi) is 12.9. The topological polar surface area (TPSA) is 118 Å². The summed E-state index contributed by atoms with van der Waals surface area (Å²) in [5, 5.41) is 10.3. The van der Waals surface area contributed by atoms with E-state index in [4.69, 9.17) is 9.47 Å². The summed E-state index contributed by atoms with van der Waals surface area (Å²) in [6.45, 7) is 11.6. The Balaban J connectivity index is 1.70. The Morgan fingerprint density at radius 3 is 2.64 bits per heavy atom. The number of benzene rings is 1. The van der Waals surface area contributed by atoms with Crippen molar-refractivity contribution in [3.8, 4) is 11.5 Å². The first kappa shape index (κ1) is 32.7. The first-order valence-corrected chi connectivity index (χ1v) is 14.7. The molecule has 2 N–H and O–H groups in total. The summed E-state index contributed by atoms with van der Waals surface area (Å²) in [4.78, 5) is 42.1. The van der Waals surface area contributed by atoms with Gasteiger partial charge in [0.1, 0.15) is 6.04 Å². The van der Waals surface area contributed by atoms with Gasteiger partial charge in [-0.1, -0.05) is 12.1 Å². The van der Waals surface area contributed by atoms with Crippen LogP contribution in [0.3, 0.4) is 0 Å². The molecule has 11 nitrogen and oxygen atoms in total. The summed E-state index contributed by atoms with van der Waals surface area (Å²) in [5.41, 5.74) is 3.18. The monoisotopic (exact) mass is 582 g/mol. The number of fused-ring (bicyclic) bond motifs is 2. The summed E-state index contributed by atoms with van der Waals surface area (Å²) in [6.07, 6.45) is 7.16. The number of aromatic nitrogens is 2. The molecule has 0 saturated heterocycles. The fourth-order valence-corrected chi connectivity index (χ4v) is 4.94. The van der Waals surface area contributed by atoms with Crippen molar-refractivity contribution in [1.29, 1.82) is 0 Å². The first-order chi connectivity index (χ1) is 20.2. The quantitative estimate of drug-likeness (QED) is 0.520. The Hall–Kier alpha value is -3.86. The highest BCUT2D eigenvalue weighted by atomic mass is 16.5. The second kappa shape index (κ2) is 16.5. The second-order valence-electron chi connectivity index (χ2n) is 10.7. The number of carbonyl (C=O) groups is 3. The van der Waals surface area contributed by atoms with Gasteiger partial charge in [-0.2, -0.15) is 5.10 Å². The molecule has 1 aliphatic rings. The molecule has 0 aliphatic carbocycles. The normalized spacial score (nSPS) is 19.1. The van der Waals surface area contributed by atoms with Crippen LogP contribution in [0.15, 0.2) is 37.1 Å². The lowest BCUT2D eigenvalue weighted by Gasteiger charge is -2.24. The number of nitrogens with zero attached hydrogens (tertiary/aromatic N) is 4. The predicted octanol–water partition coefficient (Wildman–Crippen LogP) is 2.46. The predicted molar refractivity (Wildman–Crippen MR) is 161 cm³/mol. The molecule has 0 fully saturated rings. The van der Waals surface area contributed by atoms with Crippen molar-refractivity contribution in [2.75, 3.05) is 46.9 Å². The minimum Gasteiger partial charge on any atom is -0.493 e. The smallest absolute Gasteiger partial charge is 0.258 e. The van der Waals surface area contributed by atoms with Crippen LogP contribution in [0.5, 0.6) is 11.5 Å². The minimum absolute atomic E-state index is 0.00964. The van der Waals surface area contributed by atoms with Crippen molar-refractivity contribution >= 4 is 17.7 Å². The van der Waals surface area contributed by atoms with E-state index in [1.807, 2.05) is 23.0 Å². The van der Waals surface area contributed by atoms with Crippen LogP contribution < -0.4 is 20.1 Å². The van der Waals surface area contributed by atoms with Crippen molar-refractivity contribution < 1.29 is 23.9 Å². The summed E-state index contributed by atoms with van der Waals surface area (Å²) < 4.78 is 13.0. The second-order valence-corrected chi connectivity index (χ2v) is 10.7. The maximum absolute atomic E-state index is 12.9. The van der Waals surface area contributed by atoms with Crippen LogP contribution in [0.2, 0.25) is 0 Å². The van der Waals surface area contributed by atoms with Gasteiger partial charge >= 0.3 is 0 Å². The molecule has 1 atom stereocenters. The molecular weight excluding hydrogens is 536 g/mol. The van der Waals surface area contributed by atoms with E-state index in [-0.39, 0.29) is 18.4 Å². The van der Waals surface area contributed by atoms with Crippen molar-refractivity contribution in [1.82, 2.24) is 30.2 Å². The number of carbonyl (C=O) groups excluding carboxylic acids is 3. The zero-order valence-corrected chi connectivity index (χ0v) is 25.5. The third-order valence-corrected chi connectivity index (χ3v) is 7.44. The maximum atomic E-state index is 12.9. The molecule has 1 aromatic carbocycles. The van der Waals surface area contributed by atoms with Crippen LogP contribution in [0, 0.1) is 6.92 Å². The maximum Gasteiger partial charge on any atom is 0.258 e. The molecule has 3 rings (SSSR count). The van der Waals surface area contributed by atoms with Gasteiger partial charge in [-0.15, -0.1) is 6.58 Å². The van der Waals surface area contributed by atoms with Crippen LogP contribution in [0.25, 0.3) is 0 Å². The van der Waals surface area contributed by atoms with E-state index in [1.54, 1.807) is 31.0 Å². The average Bonchev–Trinajstić information content (AvgIpc) is 3.32. The fraction of sp³-hybridized carbons (Fsp3) is 0.548. The molecule has 42 heavy (non-hydrogen) atoms. The molecule has 0 radical (unpaired) electrons. The van der Waals surface area contributed by atoms with Crippen molar-refractivity contribution in [2.24, 2.45) is 0 Å². The summed E-state index contributed by atoms with van der Waals surface area (Å²) >= 11 is 0. The number of nitrogens with one attached hydrogen (secondary N) is 2. The number of ether oxygens (including phenoxy) is 2. The van der Waals surface area contributed by atoms with Gasteiger partial charge in [0.05, 0.1) is 19.9 Å². The summed E-state index contributed by atoms with van der Waals surface area (Å²) in [5.74, 6) is 0.337. The van der Waals surface area contributed by atoms with E-state index in [1.165, 1.54) is 12.7 Å². The highest BCUT2D eigenvalue weighted by Crippen LogP contribution is 2.28. The van der Waals surface area contributed by atoms with Gasteiger partial charge in [0.25, 0.3) is 5.91 Å². The number of hydrogen-bond donors (Lipinski definition) is 2. The van der Waals surface area contributed by atoms with Crippen LogP contribution in [-0.2, 0) is 33.9 Å². The largest absolute Gasteiger partial charge is 0.493 e. The van der Waals surface area contributed by atoms with Crippen LogP contribution in [0.4, 0.5) is 0 Å². The third kappa shape index (κ3) is 9.90. The van der Waals surface area contributed by atoms with E-state index < -0.39 is 11.9 Å². The lowest BCUT2D eigenvalue weighted by molar-refractivity contribution is -0.135. The molecular formula is C31H46N6O5. The van der Waals surface area contributed by atoms with E-state index in [0.717, 1.165) is 50.2 Å². The van der Waals surface area contributed by atoms with E-state index in [2.05, 4.69) is 34.1 Å². The molecule has 2 bridgehead atoms. The standard InChI is InChI=1S/C31H46N6O5/c1-6-15-37-24(3)26(20-33-37)21-36-17-8-7-16-35(4)31(40)23(2)34-30(39)22-42-28-19-25(10-12-27(28)41-5)11-13-29(38)32-14-9-18-36/h6,10,12,19-20,23H,1,7-9,11,13-18,21-22H2,2-5H3,(H,32,38)(H,34,39)/t23-/m0/s1. The van der Waals surface area contributed by atoms with Crippen molar-refractivity contribution in [3.05, 3.63) is 53.9 Å². The summed E-state index contributed by atoms with van der Waals surface area (Å²) in [7, 11) is 3.28. The molecule has 3 amide bonds. The van der Waals surface area contributed by atoms with Gasteiger partial charge in [0.2, 0.25) is 11.8 Å². The third-order valence-electron chi connectivity index (χ3n) is 7.44. The Bertz CT molecular complexity index is 1210. The highest BCUT2D eigenvalue weighted by molar-refractivity contribution is 5.87. The molecule has 0 saturated carbocycles. The lowest BCUT2D eigenvalue weighted by atomic mass is 10.1. The van der Waals surface area contributed by atoms with Gasteiger partial charge in [-0.05, 0) is 63.8 Å². The number of methoxy groups -OCH3 is 1. The zero-order valence-electron chi connectivity index (χ0n) is 25.5. The summed E-state index contributed by atoms with van der Waals surface area (Å²) in [6, 6.07) is 4.75. The number of likely N-dealkylation sites (N-methyl/N-ethyl adjacent to an activating group) is 1. The van der Waals surface area contributed by atoms with Crippen molar-refractivity contribution in [3.63, 3.8) is 0 Å². The molecule has 11 heteroatoms. The zero-order chi connectivity index (χ0) is 30.5. The van der Waals surface area contributed by atoms with Crippen LogP contribution in [0.1, 0.15) is 49.4 Å². The molecule has 2 aromatic rings. The number of allylic oxidation sites excluding steroid dienone is 1. The van der Waals surface area contributed by atoms with Gasteiger partial charge < -0.3 is 25.0 Å². The van der Waals surface area contributed by atoms with E-state index in [9.17, 15) is 14.4 Å². The molecule has 0 unspecified atom stereocenters. The van der Waals surface area contributed by atoms with Gasteiger partial charge in [-0.3, -0.25) is 24.0 Å². The fourth-order valence-electron chi connectivity index (χ4n) is 4.94. The minimum atomic E-state index is -0.678. The average molecular weight is 583 g/mol. The Labute approximate surface area is 249 Å². The van der Waals surface area contributed by atoms with Gasteiger partial charge in [0.15, 0.2) is 18.1 Å². The molecule has 0 spiro atoms. The molecule has 1 aromatic heterocycles. The van der Waals surface area contributed by atoms with E-state index >= 15 is 0 Å². The van der Waals surface area contributed by atoms with Crippen LogP contribution in [-0.4, -0.2) is 90.3 Å². The van der Waals surface area contributed by atoms with E-state index in [0.29, 0.717) is 44.0 Å². The molecule has 2 heterocycles. The van der Waals surface area contributed by atoms with Crippen molar-refractivity contribution in [2.45, 2.75) is 65.1 Å². The lowest BCUT2D eigenvalue weighted by Crippen LogP contribution is -2.47. The highest BCUT2D eigenvalue weighted by Gasteiger charge is 2.20. The first-order valence-electron chi connectivity index (χ1n) is 14.7.